The fourth-order valence-corrected chi connectivity index (χ4v) is 6.62. The minimum Gasteiger partial charge on any atom is -0.444 e. The van der Waals surface area contributed by atoms with Gasteiger partial charge in [-0.25, -0.2) is 13.2 Å². The van der Waals surface area contributed by atoms with E-state index in [1.54, 1.807) is 34.6 Å². The van der Waals surface area contributed by atoms with Crippen LogP contribution >= 0.6 is 0 Å². The molecule has 9 nitrogen and oxygen atoms in total. The van der Waals surface area contributed by atoms with Crippen LogP contribution in [0.15, 0.2) is 91.0 Å². The van der Waals surface area contributed by atoms with Crippen LogP contribution < -0.4 is 10.6 Å². The Labute approximate surface area is 268 Å². The van der Waals surface area contributed by atoms with Gasteiger partial charge in [-0.05, 0) is 71.1 Å². The number of amides is 2. The molecule has 4 unspecified atom stereocenters. The van der Waals surface area contributed by atoms with Crippen molar-refractivity contribution in [3.63, 3.8) is 0 Å². The molecule has 0 spiro atoms. The van der Waals surface area contributed by atoms with E-state index in [4.69, 9.17) is 4.74 Å². The topological polar surface area (TPSA) is 125 Å². The largest absolute Gasteiger partial charge is 0.444 e. The normalized spacial score (nSPS) is 14.8. The van der Waals surface area contributed by atoms with Crippen molar-refractivity contribution in [2.24, 2.45) is 0 Å². The van der Waals surface area contributed by atoms with E-state index in [2.05, 4.69) is 10.6 Å². The summed E-state index contributed by atoms with van der Waals surface area (Å²) in [5.41, 5.74) is 1.71. The lowest BCUT2D eigenvalue weighted by atomic mass is 9.92. The summed E-state index contributed by atoms with van der Waals surface area (Å²) in [7, 11) is -4.10. The van der Waals surface area contributed by atoms with Crippen molar-refractivity contribution in [2.45, 2.75) is 96.0 Å². The molecule has 3 rings (SSSR count). The smallest absolute Gasteiger partial charge is 0.407 e. The Hall–Kier alpha value is -3.73. The fourth-order valence-electron chi connectivity index (χ4n) is 4.96. The summed E-state index contributed by atoms with van der Waals surface area (Å²) in [4.78, 5) is 26.6. The SMILES string of the molecule is CC(C)N(Cc1ccccc1)S(=O)(=O)C(C)C(=O)NC(Cc1ccccc1)C(O)C(Cc1ccccc1)NC(=O)OC(C)(C)C. The zero-order chi connectivity index (χ0) is 33.2. The molecule has 0 aliphatic heterocycles. The third-order valence-electron chi connectivity index (χ3n) is 7.35. The lowest BCUT2D eigenvalue weighted by molar-refractivity contribution is -0.122. The Morgan fingerprint density at radius 2 is 1.18 bits per heavy atom. The Balaban J connectivity index is 1.91. The lowest BCUT2D eigenvalue weighted by Gasteiger charge is -2.33. The van der Waals surface area contributed by atoms with Crippen molar-refractivity contribution in [3.05, 3.63) is 108 Å². The van der Waals surface area contributed by atoms with E-state index < -0.39 is 57.1 Å². The van der Waals surface area contributed by atoms with Crippen molar-refractivity contribution in [3.8, 4) is 0 Å². The number of nitrogens with zero attached hydrogens (tertiary/aromatic N) is 1. The Morgan fingerprint density at radius 3 is 1.60 bits per heavy atom. The van der Waals surface area contributed by atoms with E-state index >= 15 is 0 Å². The van der Waals surface area contributed by atoms with Crippen molar-refractivity contribution in [1.29, 1.82) is 0 Å². The number of hydrogen-bond donors (Lipinski definition) is 3. The Bertz CT molecular complexity index is 1460. The third kappa shape index (κ3) is 11.0. The standard InChI is InChI=1S/C35H47N3O6S/c1-25(2)38(24-29-20-14-9-15-21-29)45(42,43)26(3)33(40)36-30(22-27-16-10-7-11-17-27)32(39)31(23-28-18-12-8-13-19-28)37-34(41)44-35(4,5)6/h7-21,25-26,30-32,39H,22-24H2,1-6H3,(H,36,40)(H,37,41). The second-order valence-electron chi connectivity index (χ2n) is 12.5. The molecule has 0 saturated carbocycles. The first-order valence-electron chi connectivity index (χ1n) is 15.3. The lowest BCUT2D eigenvalue weighted by Crippen LogP contribution is -2.58. The molecule has 45 heavy (non-hydrogen) atoms. The number of aliphatic hydroxyl groups is 1. The number of hydrogen-bond acceptors (Lipinski definition) is 6. The van der Waals surface area contributed by atoms with Crippen molar-refractivity contribution >= 4 is 22.0 Å². The van der Waals surface area contributed by atoms with Crippen LogP contribution in [0.25, 0.3) is 0 Å². The van der Waals surface area contributed by atoms with E-state index in [-0.39, 0.29) is 19.4 Å². The number of carbonyl (C=O) groups excluding carboxylic acids is 2. The average Bonchev–Trinajstić information content (AvgIpc) is 2.98. The zero-order valence-electron chi connectivity index (χ0n) is 27.0. The van der Waals surface area contributed by atoms with Crippen LogP contribution in [-0.2, 0) is 38.9 Å². The molecular formula is C35H47N3O6S. The summed E-state index contributed by atoms with van der Waals surface area (Å²) in [6, 6.07) is 25.6. The summed E-state index contributed by atoms with van der Waals surface area (Å²) >= 11 is 0. The van der Waals surface area contributed by atoms with E-state index in [0.717, 1.165) is 16.7 Å². The molecule has 0 fully saturated rings. The first-order valence-corrected chi connectivity index (χ1v) is 16.8. The van der Waals surface area contributed by atoms with Gasteiger partial charge in [0.05, 0.1) is 18.2 Å². The number of alkyl carbamates (subject to hydrolysis) is 1. The van der Waals surface area contributed by atoms with Gasteiger partial charge in [-0.3, -0.25) is 4.79 Å². The number of rotatable bonds is 14. The van der Waals surface area contributed by atoms with E-state index in [1.165, 1.54) is 11.2 Å². The van der Waals surface area contributed by atoms with Gasteiger partial charge in [-0.2, -0.15) is 4.31 Å². The molecule has 10 heteroatoms. The van der Waals surface area contributed by atoms with Gasteiger partial charge in [0.1, 0.15) is 5.60 Å². The van der Waals surface area contributed by atoms with Gasteiger partial charge in [0.25, 0.3) is 0 Å². The van der Waals surface area contributed by atoms with Gasteiger partial charge in [-0.15, -0.1) is 0 Å². The highest BCUT2D eigenvalue weighted by Crippen LogP contribution is 2.20. The third-order valence-corrected chi connectivity index (χ3v) is 9.66. The van der Waals surface area contributed by atoms with Crippen molar-refractivity contribution in [2.75, 3.05) is 0 Å². The molecule has 3 aromatic rings. The molecule has 244 valence electrons. The van der Waals surface area contributed by atoms with Gasteiger partial charge in [0.2, 0.25) is 15.9 Å². The molecule has 0 aliphatic rings. The predicted octanol–water partition coefficient (Wildman–Crippen LogP) is 4.84. The number of nitrogens with one attached hydrogen (secondary N) is 2. The first-order chi connectivity index (χ1) is 21.2. The molecule has 0 bridgehead atoms. The molecule has 0 aromatic heterocycles. The molecule has 3 aromatic carbocycles. The summed E-state index contributed by atoms with van der Waals surface area (Å²) in [6.45, 7) is 10.2. The molecular weight excluding hydrogens is 590 g/mol. The number of carbonyl (C=O) groups is 2. The van der Waals surface area contributed by atoms with Gasteiger partial charge < -0.3 is 20.5 Å². The van der Waals surface area contributed by atoms with Crippen LogP contribution in [0, 0.1) is 0 Å². The summed E-state index contributed by atoms with van der Waals surface area (Å²) in [6.07, 6.45) is -1.58. The van der Waals surface area contributed by atoms with Crippen LogP contribution in [0.3, 0.4) is 0 Å². The molecule has 2 amide bonds. The highest BCUT2D eigenvalue weighted by atomic mass is 32.2. The van der Waals surface area contributed by atoms with Gasteiger partial charge >= 0.3 is 6.09 Å². The monoisotopic (exact) mass is 637 g/mol. The summed E-state index contributed by atoms with van der Waals surface area (Å²) in [5.74, 6) is -0.746. The minimum absolute atomic E-state index is 0.119. The number of benzene rings is 3. The van der Waals surface area contributed by atoms with Crippen LogP contribution in [0.2, 0.25) is 0 Å². The Morgan fingerprint density at radius 1 is 0.756 bits per heavy atom. The van der Waals surface area contributed by atoms with Crippen LogP contribution in [0.5, 0.6) is 0 Å². The quantitative estimate of drug-likeness (QED) is 0.232. The van der Waals surface area contributed by atoms with Crippen LogP contribution in [-0.4, -0.2) is 64.9 Å². The molecule has 0 saturated heterocycles. The van der Waals surface area contributed by atoms with E-state index in [9.17, 15) is 23.1 Å². The first kappa shape index (κ1) is 35.7. The molecule has 4 atom stereocenters. The molecule has 0 aliphatic carbocycles. The highest BCUT2D eigenvalue weighted by molar-refractivity contribution is 7.90. The maximum atomic E-state index is 13.8. The molecule has 0 radical (unpaired) electrons. The second kappa shape index (κ2) is 16.0. The zero-order valence-corrected chi connectivity index (χ0v) is 27.8. The van der Waals surface area contributed by atoms with Crippen molar-refractivity contribution in [1.82, 2.24) is 14.9 Å². The summed E-state index contributed by atoms with van der Waals surface area (Å²) < 4.78 is 34.4. The molecule has 0 heterocycles. The number of sulfonamides is 1. The van der Waals surface area contributed by atoms with Crippen molar-refractivity contribution < 1.29 is 27.9 Å². The maximum absolute atomic E-state index is 13.8. The van der Waals surface area contributed by atoms with Gasteiger partial charge in [0, 0.05) is 12.6 Å². The van der Waals surface area contributed by atoms with E-state index in [0.29, 0.717) is 0 Å². The van der Waals surface area contributed by atoms with Gasteiger partial charge in [0.15, 0.2) is 5.25 Å². The van der Waals surface area contributed by atoms with Crippen LogP contribution in [0.1, 0.15) is 58.2 Å². The highest BCUT2D eigenvalue weighted by Gasteiger charge is 2.38. The maximum Gasteiger partial charge on any atom is 0.407 e. The number of aliphatic hydroxyl groups excluding tert-OH is 1. The average molecular weight is 638 g/mol. The summed E-state index contributed by atoms with van der Waals surface area (Å²) in [5, 5.41) is 16.0. The van der Waals surface area contributed by atoms with E-state index in [1.807, 2.05) is 91.0 Å². The Kier molecular flexibility index (Phi) is 12.7. The molecule has 3 N–H and O–H groups in total. The number of ether oxygens (including phenoxy) is 1. The predicted molar refractivity (Wildman–Crippen MR) is 177 cm³/mol. The van der Waals surface area contributed by atoms with Gasteiger partial charge in [-0.1, -0.05) is 91.0 Å². The van der Waals surface area contributed by atoms with Crippen LogP contribution in [0.4, 0.5) is 4.79 Å². The second-order valence-corrected chi connectivity index (χ2v) is 14.8. The minimum atomic E-state index is -4.10. The fraction of sp³-hybridized carbons (Fsp3) is 0.429.